The molecule has 1 heterocycles. The minimum atomic E-state index is -1.85. The Labute approximate surface area is 179 Å². The standard InChI is InChI=1S/C18H33N3O10/c1-2-3-4-5-6-7-8-30-18-14(25)12(23)13(24)15(31-18)17(27)19-10(16(26)21-29)9-11(22)20-28/h10,12-15,18,23-25,28-29H,2-9H2,1H3,(H,19,27)(H,20,22)(H,21,26)/t10?,12-,13-,14+,15-,18-/m0/s1. The van der Waals surface area contributed by atoms with Gasteiger partial charge in [0.2, 0.25) is 5.91 Å². The van der Waals surface area contributed by atoms with E-state index in [1.165, 1.54) is 11.0 Å². The van der Waals surface area contributed by atoms with Gasteiger partial charge in [0.05, 0.1) is 6.42 Å². The summed E-state index contributed by atoms with van der Waals surface area (Å²) in [5.74, 6) is -3.31. The van der Waals surface area contributed by atoms with Gasteiger partial charge in [-0.15, -0.1) is 0 Å². The van der Waals surface area contributed by atoms with Crippen LogP contribution in [0.4, 0.5) is 0 Å². The SMILES string of the molecule is CCCCCCCCO[C@H]1O[C@H](C(=O)NC(CC(=O)NO)C(=O)NO)[C@@H](O)[C@H](O)[C@H]1O. The first kappa shape index (κ1) is 27.2. The summed E-state index contributed by atoms with van der Waals surface area (Å²) >= 11 is 0. The molecule has 6 atom stereocenters. The highest BCUT2D eigenvalue weighted by molar-refractivity contribution is 5.92. The number of ether oxygens (including phenoxy) is 2. The van der Waals surface area contributed by atoms with Crippen LogP contribution in [0.3, 0.4) is 0 Å². The van der Waals surface area contributed by atoms with Crippen molar-refractivity contribution in [3.8, 4) is 0 Å². The first-order valence-corrected chi connectivity index (χ1v) is 10.2. The zero-order chi connectivity index (χ0) is 23.4. The van der Waals surface area contributed by atoms with E-state index in [1.807, 2.05) is 0 Å². The fourth-order valence-corrected chi connectivity index (χ4v) is 3.06. The van der Waals surface area contributed by atoms with Gasteiger partial charge in [-0.1, -0.05) is 39.0 Å². The Balaban J connectivity index is 2.68. The van der Waals surface area contributed by atoms with Crippen molar-refractivity contribution in [3.63, 3.8) is 0 Å². The molecule has 1 unspecified atom stereocenters. The van der Waals surface area contributed by atoms with Crippen molar-refractivity contribution in [1.29, 1.82) is 0 Å². The lowest BCUT2D eigenvalue weighted by atomic mass is 9.98. The second-order valence-corrected chi connectivity index (χ2v) is 7.31. The molecule has 13 heteroatoms. The van der Waals surface area contributed by atoms with Gasteiger partial charge in [-0.3, -0.25) is 24.8 Å². The van der Waals surface area contributed by atoms with Crippen LogP contribution >= 0.6 is 0 Å². The van der Waals surface area contributed by atoms with Crippen LogP contribution in [0.25, 0.3) is 0 Å². The normalized spacial score (nSPS) is 26.7. The maximum absolute atomic E-state index is 12.5. The molecule has 1 saturated heterocycles. The lowest BCUT2D eigenvalue weighted by Crippen LogP contribution is -2.63. The number of nitrogens with one attached hydrogen (secondary N) is 3. The topological polar surface area (TPSA) is 207 Å². The van der Waals surface area contributed by atoms with E-state index in [9.17, 15) is 29.7 Å². The molecule has 3 amide bonds. The van der Waals surface area contributed by atoms with Gasteiger partial charge in [0.25, 0.3) is 11.8 Å². The molecule has 0 saturated carbocycles. The molecule has 1 fully saturated rings. The van der Waals surface area contributed by atoms with E-state index in [1.54, 1.807) is 0 Å². The van der Waals surface area contributed by atoms with E-state index in [-0.39, 0.29) is 6.61 Å². The predicted octanol–water partition coefficient (Wildman–Crippen LogP) is -1.94. The van der Waals surface area contributed by atoms with Crippen molar-refractivity contribution < 1.29 is 49.6 Å². The van der Waals surface area contributed by atoms with Crippen LogP contribution in [-0.2, 0) is 23.9 Å². The number of amides is 3. The summed E-state index contributed by atoms with van der Waals surface area (Å²) < 4.78 is 10.7. The van der Waals surface area contributed by atoms with Crippen molar-refractivity contribution in [2.75, 3.05) is 6.61 Å². The average Bonchev–Trinajstić information content (AvgIpc) is 2.76. The number of aliphatic hydroxyl groups excluding tert-OH is 3. The van der Waals surface area contributed by atoms with Gasteiger partial charge < -0.3 is 30.1 Å². The molecule has 0 spiro atoms. The minimum absolute atomic E-state index is 0.192. The maximum Gasteiger partial charge on any atom is 0.266 e. The molecule has 0 radical (unpaired) electrons. The molecule has 31 heavy (non-hydrogen) atoms. The molecule has 1 aliphatic rings. The van der Waals surface area contributed by atoms with E-state index in [2.05, 4.69) is 12.2 Å². The van der Waals surface area contributed by atoms with Crippen molar-refractivity contribution >= 4 is 17.7 Å². The number of rotatable bonds is 13. The molecule has 180 valence electrons. The number of hydrogen-bond acceptors (Lipinski definition) is 10. The molecule has 13 nitrogen and oxygen atoms in total. The molecule has 0 aromatic rings. The fourth-order valence-electron chi connectivity index (χ4n) is 3.06. The molecule has 0 aromatic heterocycles. The predicted molar refractivity (Wildman–Crippen MR) is 102 cm³/mol. The zero-order valence-electron chi connectivity index (χ0n) is 17.4. The average molecular weight is 451 g/mol. The van der Waals surface area contributed by atoms with Gasteiger partial charge in [0, 0.05) is 6.61 Å². The summed E-state index contributed by atoms with van der Waals surface area (Å²) in [6, 6.07) is -1.62. The zero-order valence-corrected chi connectivity index (χ0v) is 17.4. The van der Waals surface area contributed by atoms with Crippen molar-refractivity contribution in [2.45, 2.75) is 88.6 Å². The Morgan fingerprint density at radius 2 is 1.58 bits per heavy atom. The molecule has 0 aliphatic carbocycles. The number of carbonyl (C=O) groups is 3. The third-order valence-corrected chi connectivity index (χ3v) is 4.87. The van der Waals surface area contributed by atoms with E-state index in [0.29, 0.717) is 6.42 Å². The number of aliphatic hydroxyl groups is 3. The monoisotopic (exact) mass is 451 g/mol. The largest absolute Gasteiger partial charge is 0.387 e. The lowest BCUT2D eigenvalue weighted by Gasteiger charge is -2.39. The second kappa shape index (κ2) is 14.2. The highest BCUT2D eigenvalue weighted by atomic mass is 16.7. The Morgan fingerprint density at radius 3 is 2.19 bits per heavy atom. The van der Waals surface area contributed by atoms with E-state index in [0.717, 1.165) is 32.1 Å². The Bertz CT molecular complexity index is 579. The first-order chi connectivity index (χ1) is 14.8. The summed E-state index contributed by atoms with van der Waals surface area (Å²) in [5.41, 5.74) is 2.53. The van der Waals surface area contributed by atoms with Crippen LogP contribution in [0.15, 0.2) is 0 Å². The van der Waals surface area contributed by atoms with Crippen LogP contribution in [0.2, 0.25) is 0 Å². The highest BCUT2D eigenvalue weighted by Gasteiger charge is 2.47. The minimum Gasteiger partial charge on any atom is -0.387 e. The summed E-state index contributed by atoms with van der Waals surface area (Å²) in [6.07, 6.45) is -3.18. The summed E-state index contributed by atoms with van der Waals surface area (Å²) in [6.45, 7) is 2.30. The molecular weight excluding hydrogens is 418 g/mol. The molecule has 0 bridgehead atoms. The maximum atomic E-state index is 12.5. The lowest BCUT2D eigenvalue weighted by molar-refractivity contribution is -0.290. The van der Waals surface area contributed by atoms with Gasteiger partial charge in [0.15, 0.2) is 12.4 Å². The number of hydroxylamine groups is 2. The van der Waals surface area contributed by atoms with E-state index < -0.39 is 60.9 Å². The number of unbranched alkanes of at least 4 members (excludes halogenated alkanes) is 5. The third-order valence-electron chi connectivity index (χ3n) is 4.87. The molecule has 1 rings (SSSR count). The third kappa shape index (κ3) is 8.65. The van der Waals surface area contributed by atoms with Crippen molar-refractivity contribution in [3.05, 3.63) is 0 Å². The molecular formula is C18H33N3O10. The van der Waals surface area contributed by atoms with Crippen molar-refractivity contribution in [2.24, 2.45) is 0 Å². The van der Waals surface area contributed by atoms with E-state index in [4.69, 9.17) is 19.9 Å². The molecule has 1 aliphatic heterocycles. The van der Waals surface area contributed by atoms with Crippen LogP contribution in [0.5, 0.6) is 0 Å². The van der Waals surface area contributed by atoms with Gasteiger partial charge >= 0.3 is 0 Å². The summed E-state index contributed by atoms with van der Waals surface area (Å²) in [4.78, 5) is 35.4. The van der Waals surface area contributed by atoms with Crippen LogP contribution in [-0.4, -0.2) is 86.8 Å². The van der Waals surface area contributed by atoms with Crippen LogP contribution in [0.1, 0.15) is 51.9 Å². The Hall–Kier alpha value is -1.87. The first-order valence-electron chi connectivity index (χ1n) is 10.2. The summed E-state index contributed by atoms with van der Waals surface area (Å²) in [7, 11) is 0. The number of hydrogen-bond donors (Lipinski definition) is 8. The smallest absolute Gasteiger partial charge is 0.266 e. The highest BCUT2D eigenvalue weighted by Crippen LogP contribution is 2.23. The molecule has 0 aromatic carbocycles. The van der Waals surface area contributed by atoms with Crippen LogP contribution in [0, 0.1) is 0 Å². The second-order valence-electron chi connectivity index (χ2n) is 7.31. The van der Waals surface area contributed by atoms with Gasteiger partial charge in [-0.2, -0.15) is 0 Å². The quantitative estimate of drug-likeness (QED) is 0.0882. The van der Waals surface area contributed by atoms with Gasteiger partial charge in [-0.25, -0.2) is 11.0 Å². The summed E-state index contributed by atoms with van der Waals surface area (Å²) in [5, 5.41) is 49.6. The molecule has 8 N–H and O–H groups in total. The van der Waals surface area contributed by atoms with Crippen LogP contribution < -0.4 is 16.3 Å². The van der Waals surface area contributed by atoms with Gasteiger partial charge in [-0.05, 0) is 6.42 Å². The van der Waals surface area contributed by atoms with E-state index >= 15 is 0 Å². The fraction of sp³-hybridized carbons (Fsp3) is 0.833. The number of carbonyl (C=O) groups excluding carboxylic acids is 3. The van der Waals surface area contributed by atoms with Crippen molar-refractivity contribution in [1.82, 2.24) is 16.3 Å². The Kier molecular flexibility index (Phi) is 12.5. The Morgan fingerprint density at radius 1 is 0.935 bits per heavy atom. The van der Waals surface area contributed by atoms with Gasteiger partial charge in [0.1, 0.15) is 24.4 Å².